The average molecular weight is 399 g/mol. The van der Waals surface area contributed by atoms with Crippen molar-refractivity contribution in [2.75, 3.05) is 11.5 Å². The Balaban J connectivity index is -0.000000314. The number of carbonyl (C=O) groups excluding carboxylic acids is 1. The summed E-state index contributed by atoms with van der Waals surface area (Å²) in [7, 11) is 0. The number of rotatable bonds is 4. The van der Waals surface area contributed by atoms with Crippen LogP contribution in [0.25, 0.3) is 0 Å². The first-order chi connectivity index (χ1) is 10.9. The standard InChI is InChI=1S/C10H18S2.C5H9O.2CO.Fe/c1-2-5-9(6-3-1)10-11-7-4-8-12-10;1-2-3-4-5-6;2*1-2;/h9-10H,1-8H2;2-4H2,1H3;;;/q;-1;;;+2. The molecule has 0 aromatic rings. The zero-order valence-corrected chi connectivity index (χ0v) is 16.6. The maximum atomic E-state index is 9.44. The van der Waals surface area contributed by atoms with E-state index in [9.17, 15) is 4.79 Å². The van der Waals surface area contributed by atoms with Crippen molar-refractivity contribution in [1.82, 2.24) is 0 Å². The van der Waals surface area contributed by atoms with Crippen LogP contribution in [0.4, 0.5) is 0 Å². The van der Waals surface area contributed by atoms with E-state index >= 15 is 0 Å². The Labute approximate surface area is 160 Å². The van der Waals surface area contributed by atoms with Crippen LogP contribution in [-0.4, -0.2) is 22.4 Å². The van der Waals surface area contributed by atoms with Gasteiger partial charge in [-0.05, 0) is 36.7 Å². The summed E-state index contributed by atoms with van der Waals surface area (Å²) in [5.41, 5.74) is 0. The second kappa shape index (κ2) is 24.6. The zero-order valence-electron chi connectivity index (χ0n) is 13.8. The third kappa shape index (κ3) is 17.0. The summed E-state index contributed by atoms with van der Waals surface area (Å²) in [4.78, 5) is 9.44. The predicted octanol–water partition coefficient (Wildman–Crippen LogP) is 4.97. The van der Waals surface area contributed by atoms with Crippen LogP contribution in [0.3, 0.4) is 0 Å². The fourth-order valence-electron chi connectivity index (χ4n) is 2.43. The maximum Gasteiger partial charge on any atom is 2.00 e. The molecule has 0 aromatic carbocycles. The van der Waals surface area contributed by atoms with Gasteiger partial charge in [-0.1, -0.05) is 39.0 Å². The molecule has 0 unspecified atom stereocenters. The summed E-state index contributed by atoms with van der Waals surface area (Å²) in [5, 5.41) is 0. The van der Waals surface area contributed by atoms with Gasteiger partial charge in [0.15, 0.2) is 0 Å². The monoisotopic (exact) mass is 399 g/mol. The topological polar surface area (TPSA) is 56.9 Å². The van der Waals surface area contributed by atoms with Gasteiger partial charge in [0, 0.05) is 0 Å². The Hall–Kier alpha value is 0.369. The van der Waals surface area contributed by atoms with Crippen LogP contribution in [0.1, 0.15) is 64.7 Å². The molecule has 2 fully saturated rings. The van der Waals surface area contributed by atoms with Gasteiger partial charge in [0.05, 0.1) is 4.58 Å². The van der Waals surface area contributed by atoms with Crippen molar-refractivity contribution < 1.29 is 31.2 Å². The molecule has 0 aromatic heterocycles. The molecule has 1 aliphatic carbocycles. The third-order valence-corrected chi connectivity index (χ3v) is 6.81. The van der Waals surface area contributed by atoms with E-state index in [4.69, 9.17) is 9.30 Å². The fraction of sp³-hybridized carbons (Fsp3) is 0.824. The van der Waals surface area contributed by atoms with Gasteiger partial charge >= 0.3 is 39.7 Å². The summed E-state index contributed by atoms with van der Waals surface area (Å²) in [6.07, 6.45) is 13.5. The fourth-order valence-corrected chi connectivity index (χ4v) is 5.75. The maximum absolute atomic E-state index is 9.44. The van der Waals surface area contributed by atoms with Gasteiger partial charge < -0.3 is 4.79 Å². The SMILES string of the molecule is C1CCC(C2SCCCS2)CC1.CCCC[C-]=O.[C-]#[O+].[C-]#[O+].[Fe+2]. The minimum absolute atomic E-state index is 0. The van der Waals surface area contributed by atoms with Crippen molar-refractivity contribution in [2.45, 2.75) is 69.3 Å². The first kappa shape index (κ1) is 28.2. The second-order valence-electron chi connectivity index (χ2n) is 5.11. The molecule has 1 heterocycles. The Morgan fingerprint density at radius 3 is 1.91 bits per heavy atom. The van der Waals surface area contributed by atoms with Crippen LogP contribution in [0.5, 0.6) is 0 Å². The molecule has 0 N–H and O–H groups in total. The predicted molar refractivity (Wildman–Crippen MR) is 93.0 cm³/mol. The molecule has 2 aliphatic rings. The van der Waals surface area contributed by atoms with Crippen molar-refractivity contribution in [3.05, 3.63) is 13.3 Å². The van der Waals surface area contributed by atoms with Crippen molar-refractivity contribution in [3.8, 4) is 0 Å². The molecule has 2 rings (SSSR count). The van der Waals surface area contributed by atoms with Gasteiger partial charge in [-0.2, -0.15) is 6.42 Å². The van der Waals surface area contributed by atoms with Crippen molar-refractivity contribution in [1.29, 1.82) is 0 Å². The minimum Gasteiger partial charge on any atom is 2.00 e. The minimum atomic E-state index is 0. The van der Waals surface area contributed by atoms with E-state index in [-0.39, 0.29) is 17.1 Å². The van der Waals surface area contributed by atoms with Gasteiger partial charge in [0.1, 0.15) is 0 Å². The van der Waals surface area contributed by atoms with Crippen LogP contribution in [0.2, 0.25) is 0 Å². The van der Waals surface area contributed by atoms with Gasteiger partial charge in [-0.25, -0.2) is 0 Å². The summed E-state index contributed by atoms with van der Waals surface area (Å²) >= 11 is 4.47. The van der Waals surface area contributed by atoms with Gasteiger partial charge in [0.25, 0.3) is 0 Å². The Morgan fingerprint density at radius 1 is 1.00 bits per heavy atom. The van der Waals surface area contributed by atoms with E-state index in [0.717, 1.165) is 23.3 Å². The molecule has 0 atom stereocenters. The number of thioether (sulfide) groups is 2. The van der Waals surface area contributed by atoms with Gasteiger partial charge in [-0.3, -0.25) is 6.29 Å². The van der Waals surface area contributed by atoms with E-state index < -0.39 is 0 Å². The van der Waals surface area contributed by atoms with Crippen molar-refractivity contribution in [3.63, 3.8) is 0 Å². The number of unbranched alkanes of at least 4 members (excludes halogenated alkanes) is 2. The van der Waals surface area contributed by atoms with E-state index in [1.54, 1.807) is 0 Å². The van der Waals surface area contributed by atoms with Crippen LogP contribution in [0, 0.1) is 19.2 Å². The van der Waals surface area contributed by atoms with E-state index in [1.807, 2.05) is 6.29 Å². The molecule has 0 radical (unpaired) electrons. The second-order valence-corrected chi connectivity index (χ2v) is 7.91. The Morgan fingerprint density at radius 2 is 1.52 bits per heavy atom. The Kier molecular flexibility index (Phi) is 30.2. The van der Waals surface area contributed by atoms with Gasteiger partial charge in [-0.15, -0.1) is 23.5 Å². The molecule has 1 saturated heterocycles. The molecule has 0 spiro atoms. The van der Waals surface area contributed by atoms with E-state index in [2.05, 4.69) is 43.7 Å². The summed E-state index contributed by atoms with van der Waals surface area (Å²) in [6.45, 7) is 11.1. The third-order valence-electron chi connectivity index (χ3n) is 3.52. The summed E-state index contributed by atoms with van der Waals surface area (Å²) < 4.78 is 16.0. The van der Waals surface area contributed by atoms with Crippen molar-refractivity contribution >= 4 is 29.8 Å². The van der Waals surface area contributed by atoms with Crippen LogP contribution in [-0.2, 0) is 31.2 Å². The molecular weight excluding hydrogens is 372 g/mol. The molecule has 132 valence electrons. The molecular formula is C17H27FeO3S2+. The molecule has 0 bridgehead atoms. The van der Waals surface area contributed by atoms with E-state index in [0.29, 0.717) is 6.42 Å². The molecule has 3 nitrogen and oxygen atoms in total. The molecule has 0 amide bonds. The Bertz CT molecular complexity index is 252. The normalized spacial score (nSPS) is 17.4. The molecule has 6 heteroatoms. The van der Waals surface area contributed by atoms with Gasteiger partial charge in [0.2, 0.25) is 0 Å². The first-order valence-corrected chi connectivity index (χ1v) is 9.97. The number of hydrogen-bond donors (Lipinski definition) is 0. The summed E-state index contributed by atoms with van der Waals surface area (Å²) in [5.74, 6) is 3.91. The smallest absolute Gasteiger partial charge is 2.00 e. The first-order valence-electron chi connectivity index (χ1n) is 7.87. The number of hydrogen-bond acceptors (Lipinski definition) is 3. The van der Waals surface area contributed by atoms with Crippen LogP contribution >= 0.6 is 23.5 Å². The van der Waals surface area contributed by atoms with Crippen molar-refractivity contribution in [2.24, 2.45) is 5.92 Å². The average Bonchev–Trinajstić information content (AvgIpc) is 2.65. The largest absolute Gasteiger partial charge is 2.00 e. The summed E-state index contributed by atoms with van der Waals surface area (Å²) in [6, 6.07) is 0. The van der Waals surface area contributed by atoms with Crippen LogP contribution in [0.15, 0.2) is 0 Å². The molecule has 1 aliphatic heterocycles. The van der Waals surface area contributed by atoms with Crippen LogP contribution < -0.4 is 0 Å². The quantitative estimate of drug-likeness (QED) is 0.290. The van der Waals surface area contributed by atoms with E-state index in [1.165, 1.54) is 50.0 Å². The molecule has 23 heavy (non-hydrogen) atoms. The molecule has 1 saturated carbocycles. The zero-order chi connectivity index (χ0) is 17.1.